The minimum Gasteiger partial charge on any atom is -0.289 e. The van der Waals surface area contributed by atoms with Gasteiger partial charge in [-0.25, -0.2) is 0 Å². The third kappa shape index (κ3) is 2.07. The van der Waals surface area contributed by atoms with Crippen LogP contribution in [0.3, 0.4) is 0 Å². The molecule has 0 amide bonds. The molecule has 0 saturated carbocycles. The monoisotopic (exact) mass is 198 g/mol. The van der Waals surface area contributed by atoms with Gasteiger partial charge in [0.05, 0.1) is 0 Å². The predicted molar refractivity (Wildman–Crippen MR) is 62.0 cm³/mol. The Morgan fingerprint density at radius 3 is 2.87 bits per heavy atom. The Morgan fingerprint density at radius 2 is 2.07 bits per heavy atom. The lowest BCUT2D eigenvalue weighted by Gasteiger charge is -2.02. The van der Waals surface area contributed by atoms with Gasteiger partial charge in [0.25, 0.3) is 0 Å². The van der Waals surface area contributed by atoms with Crippen LogP contribution in [-0.4, -0.2) is 5.78 Å². The number of hydrogen-bond acceptors (Lipinski definition) is 1. The number of allylic oxidation sites excluding steroid dienone is 3. The van der Waals surface area contributed by atoms with Gasteiger partial charge in [0, 0.05) is 5.56 Å². The molecule has 2 rings (SSSR count). The Balaban J connectivity index is 2.35. The van der Waals surface area contributed by atoms with Crippen molar-refractivity contribution in [2.75, 3.05) is 0 Å². The van der Waals surface area contributed by atoms with Gasteiger partial charge >= 0.3 is 0 Å². The highest BCUT2D eigenvalue weighted by atomic mass is 16.1. The van der Waals surface area contributed by atoms with Gasteiger partial charge in [0.2, 0.25) is 0 Å². The highest BCUT2D eigenvalue weighted by Gasteiger charge is 2.13. The Labute approximate surface area is 90.1 Å². The van der Waals surface area contributed by atoms with Crippen LogP contribution in [-0.2, 0) is 6.42 Å². The van der Waals surface area contributed by atoms with E-state index in [1.165, 1.54) is 5.57 Å². The normalized spacial score (nSPS) is 15.2. The molecule has 1 aliphatic carbocycles. The molecule has 0 aromatic heterocycles. The van der Waals surface area contributed by atoms with Gasteiger partial charge in [-0.2, -0.15) is 0 Å². The van der Waals surface area contributed by atoms with Crippen molar-refractivity contribution in [3.05, 3.63) is 59.7 Å². The molecule has 1 aliphatic rings. The minimum absolute atomic E-state index is 0.139. The standard InChI is InChI=1S/C14H14O/c1-2-5-11-8-9-12-6-3-4-7-13(12)14(15)10-11/h2-4,6-7,10H,1,5,8-9H2. The molecule has 0 bridgehead atoms. The molecule has 0 saturated heterocycles. The van der Waals surface area contributed by atoms with Gasteiger partial charge < -0.3 is 0 Å². The second-order valence-corrected chi connectivity index (χ2v) is 3.82. The van der Waals surface area contributed by atoms with Crippen LogP contribution in [0.4, 0.5) is 0 Å². The third-order valence-corrected chi connectivity index (χ3v) is 2.74. The summed E-state index contributed by atoms with van der Waals surface area (Å²) in [5.41, 5.74) is 3.21. The van der Waals surface area contributed by atoms with Crippen LogP contribution in [0.2, 0.25) is 0 Å². The molecule has 1 aromatic rings. The van der Waals surface area contributed by atoms with E-state index in [9.17, 15) is 4.79 Å². The van der Waals surface area contributed by atoms with Gasteiger partial charge in [-0.05, 0) is 30.9 Å². The van der Waals surface area contributed by atoms with E-state index in [0.29, 0.717) is 0 Å². The van der Waals surface area contributed by atoms with Crippen molar-refractivity contribution in [3.8, 4) is 0 Å². The van der Waals surface area contributed by atoms with Gasteiger partial charge in [0.15, 0.2) is 5.78 Å². The Bertz CT molecular complexity index is 427. The summed E-state index contributed by atoms with van der Waals surface area (Å²) in [5.74, 6) is 0.139. The number of rotatable bonds is 2. The number of benzene rings is 1. The zero-order chi connectivity index (χ0) is 10.7. The summed E-state index contributed by atoms with van der Waals surface area (Å²) in [6.45, 7) is 3.71. The number of aryl methyl sites for hydroxylation is 1. The Morgan fingerprint density at radius 1 is 1.27 bits per heavy atom. The number of hydrogen-bond donors (Lipinski definition) is 0. The second kappa shape index (κ2) is 4.26. The summed E-state index contributed by atoms with van der Waals surface area (Å²) in [7, 11) is 0. The zero-order valence-corrected chi connectivity index (χ0v) is 8.70. The lowest BCUT2D eigenvalue weighted by atomic mass is 10.0. The first-order valence-electron chi connectivity index (χ1n) is 5.24. The number of carbonyl (C=O) groups excluding carboxylic acids is 1. The molecule has 0 spiro atoms. The molecule has 15 heavy (non-hydrogen) atoms. The van der Waals surface area contributed by atoms with Gasteiger partial charge in [0.1, 0.15) is 0 Å². The molecule has 0 aliphatic heterocycles. The first-order chi connectivity index (χ1) is 7.31. The van der Waals surface area contributed by atoms with E-state index >= 15 is 0 Å². The van der Waals surface area contributed by atoms with Gasteiger partial charge in [-0.3, -0.25) is 4.79 Å². The topological polar surface area (TPSA) is 17.1 Å². The highest BCUT2D eigenvalue weighted by Crippen LogP contribution is 2.21. The number of fused-ring (bicyclic) bond motifs is 1. The van der Waals surface area contributed by atoms with Crippen molar-refractivity contribution in [3.63, 3.8) is 0 Å². The smallest absolute Gasteiger partial charge is 0.186 e. The lowest BCUT2D eigenvalue weighted by molar-refractivity contribution is 0.104. The van der Waals surface area contributed by atoms with Crippen molar-refractivity contribution in [2.24, 2.45) is 0 Å². The van der Waals surface area contributed by atoms with Crippen molar-refractivity contribution in [1.82, 2.24) is 0 Å². The lowest BCUT2D eigenvalue weighted by Crippen LogP contribution is -1.97. The summed E-state index contributed by atoms with van der Waals surface area (Å²) < 4.78 is 0. The molecule has 0 unspecified atom stereocenters. The average Bonchev–Trinajstić information content (AvgIpc) is 2.40. The van der Waals surface area contributed by atoms with E-state index in [4.69, 9.17) is 0 Å². The summed E-state index contributed by atoms with van der Waals surface area (Å²) in [5, 5.41) is 0. The fourth-order valence-corrected chi connectivity index (χ4v) is 1.96. The molecule has 1 heteroatoms. The average molecular weight is 198 g/mol. The van der Waals surface area contributed by atoms with Gasteiger partial charge in [-0.1, -0.05) is 35.9 Å². The molecule has 0 fully saturated rings. The molecular formula is C14H14O. The van der Waals surface area contributed by atoms with Gasteiger partial charge in [-0.15, -0.1) is 6.58 Å². The Kier molecular flexibility index (Phi) is 2.82. The third-order valence-electron chi connectivity index (χ3n) is 2.74. The van der Waals surface area contributed by atoms with Crippen LogP contribution < -0.4 is 0 Å². The molecule has 0 N–H and O–H groups in total. The second-order valence-electron chi connectivity index (χ2n) is 3.82. The van der Waals surface area contributed by atoms with Crippen LogP contribution in [0.1, 0.15) is 28.8 Å². The maximum Gasteiger partial charge on any atom is 0.186 e. The molecule has 0 atom stereocenters. The SMILES string of the molecule is C=CCC1=CC(=O)c2ccccc2CC1. The molecule has 0 heterocycles. The van der Waals surface area contributed by atoms with Crippen LogP contribution in [0.5, 0.6) is 0 Å². The Hall–Kier alpha value is -1.63. The molecule has 1 nitrogen and oxygen atoms in total. The van der Waals surface area contributed by atoms with Crippen molar-refractivity contribution in [1.29, 1.82) is 0 Å². The molecular weight excluding hydrogens is 184 g/mol. The highest BCUT2D eigenvalue weighted by molar-refractivity contribution is 6.06. The largest absolute Gasteiger partial charge is 0.289 e. The first-order valence-corrected chi connectivity index (χ1v) is 5.24. The fraction of sp³-hybridized carbons (Fsp3) is 0.214. The van der Waals surface area contributed by atoms with Crippen LogP contribution in [0.15, 0.2) is 48.6 Å². The molecule has 76 valence electrons. The van der Waals surface area contributed by atoms with Crippen molar-refractivity contribution >= 4 is 5.78 Å². The van der Waals surface area contributed by atoms with Crippen LogP contribution in [0.25, 0.3) is 0 Å². The van der Waals surface area contributed by atoms with E-state index in [2.05, 4.69) is 6.58 Å². The molecule has 0 radical (unpaired) electrons. The number of ketones is 1. The zero-order valence-electron chi connectivity index (χ0n) is 8.70. The van der Waals surface area contributed by atoms with Crippen molar-refractivity contribution in [2.45, 2.75) is 19.3 Å². The minimum atomic E-state index is 0.139. The summed E-state index contributed by atoms with van der Waals surface area (Å²) in [4.78, 5) is 11.9. The van der Waals surface area contributed by atoms with E-state index in [1.807, 2.05) is 30.3 Å². The van der Waals surface area contributed by atoms with Crippen LogP contribution >= 0.6 is 0 Å². The van der Waals surface area contributed by atoms with Crippen LogP contribution in [0, 0.1) is 0 Å². The van der Waals surface area contributed by atoms with E-state index in [1.54, 1.807) is 6.08 Å². The molecule has 1 aromatic carbocycles. The number of carbonyl (C=O) groups is 1. The fourth-order valence-electron chi connectivity index (χ4n) is 1.96. The van der Waals surface area contributed by atoms with E-state index in [0.717, 1.165) is 30.4 Å². The summed E-state index contributed by atoms with van der Waals surface area (Å²) in [6, 6.07) is 7.86. The summed E-state index contributed by atoms with van der Waals surface area (Å²) >= 11 is 0. The predicted octanol–water partition coefficient (Wildman–Crippen LogP) is 3.32. The summed E-state index contributed by atoms with van der Waals surface area (Å²) in [6.07, 6.45) is 6.37. The maximum absolute atomic E-state index is 11.9. The van der Waals surface area contributed by atoms with E-state index in [-0.39, 0.29) is 5.78 Å². The maximum atomic E-state index is 11.9. The van der Waals surface area contributed by atoms with E-state index < -0.39 is 0 Å². The first kappa shape index (κ1) is 9.91. The van der Waals surface area contributed by atoms with Crippen molar-refractivity contribution < 1.29 is 4.79 Å². The quantitative estimate of drug-likeness (QED) is 0.666.